The first kappa shape index (κ1) is 25.3. The van der Waals surface area contributed by atoms with Gasteiger partial charge in [0, 0.05) is 46.6 Å². The summed E-state index contributed by atoms with van der Waals surface area (Å²) in [6.45, 7) is 5.56. The van der Waals surface area contributed by atoms with E-state index in [1.165, 1.54) is 6.20 Å². The number of aryl methyl sites for hydroxylation is 1. The highest BCUT2D eigenvalue weighted by Gasteiger charge is 2.38. The van der Waals surface area contributed by atoms with E-state index < -0.39 is 11.4 Å². The fourth-order valence-corrected chi connectivity index (χ4v) is 6.10. The summed E-state index contributed by atoms with van der Waals surface area (Å²) in [5.74, 6) is 0.0472. The van der Waals surface area contributed by atoms with Crippen LogP contribution in [0.4, 0.5) is 0 Å². The van der Waals surface area contributed by atoms with Crippen molar-refractivity contribution >= 4 is 23.2 Å². The topological polar surface area (TPSA) is 113 Å². The number of hydrogen-bond donors (Lipinski definition) is 1. The molecule has 0 unspecified atom stereocenters. The Morgan fingerprint density at radius 2 is 2.00 bits per heavy atom. The normalized spacial score (nSPS) is 15.9. The van der Waals surface area contributed by atoms with E-state index in [9.17, 15) is 9.59 Å². The molecule has 0 radical (unpaired) electrons. The predicted molar refractivity (Wildman–Crippen MR) is 149 cm³/mol. The van der Waals surface area contributed by atoms with Gasteiger partial charge in [-0.25, -0.2) is 4.68 Å². The highest BCUT2D eigenvalue weighted by molar-refractivity contribution is 7.08. The summed E-state index contributed by atoms with van der Waals surface area (Å²) in [6, 6.07) is 7.80. The highest BCUT2D eigenvalue weighted by Crippen LogP contribution is 2.43. The molecular weight excluding hydrogens is 514 g/mol. The van der Waals surface area contributed by atoms with Gasteiger partial charge in [0.15, 0.2) is 5.69 Å². The molecule has 0 bridgehead atoms. The van der Waals surface area contributed by atoms with Gasteiger partial charge < -0.3 is 20.1 Å². The van der Waals surface area contributed by atoms with Crippen molar-refractivity contribution in [2.45, 2.75) is 32.2 Å². The average molecular weight is 544 g/mol. The van der Waals surface area contributed by atoms with Gasteiger partial charge in [-0.1, -0.05) is 0 Å². The first-order chi connectivity index (χ1) is 18.8. The molecule has 39 heavy (non-hydrogen) atoms. The number of hydrogen-bond acceptors (Lipinski definition) is 7. The van der Waals surface area contributed by atoms with Gasteiger partial charge in [0.25, 0.3) is 5.91 Å². The van der Waals surface area contributed by atoms with E-state index >= 15 is 0 Å². The van der Waals surface area contributed by atoms with Crippen molar-refractivity contribution in [3.8, 4) is 33.8 Å². The number of nitrogens with two attached hydrogens (primary N) is 1. The SMILES string of the molecule is COc1cc2c(cc1-c1cncc(C(N)=O)c1)-c1c(c(C(=O)N3CCOCC3(C)C)nn1-c1ccsc1)CC2. The highest BCUT2D eigenvalue weighted by atomic mass is 32.1. The standard InChI is InChI=1S/C29H29N5O4S/c1-29(2)16-38-8-7-33(29)28(36)25-21-5-4-17-11-24(37-3)22(18-10-19(27(30)35)14-31-13-18)12-23(17)26(21)34(32-25)20-6-9-39-15-20/h6,9-15H,4-5,7-8,16H2,1-3H3,(H2,30,35). The summed E-state index contributed by atoms with van der Waals surface area (Å²) < 4.78 is 13.3. The van der Waals surface area contributed by atoms with Crippen LogP contribution in [0.1, 0.15) is 45.8 Å². The largest absolute Gasteiger partial charge is 0.496 e. The summed E-state index contributed by atoms with van der Waals surface area (Å²) >= 11 is 1.58. The van der Waals surface area contributed by atoms with Gasteiger partial charge in [-0.3, -0.25) is 14.6 Å². The zero-order chi connectivity index (χ0) is 27.3. The monoisotopic (exact) mass is 543 g/mol. The fourth-order valence-electron chi connectivity index (χ4n) is 5.49. The molecule has 0 spiro atoms. The van der Waals surface area contributed by atoms with Crippen LogP contribution in [0.5, 0.6) is 5.75 Å². The Kier molecular flexibility index (Phi) is 6.23. The van der Waals surface area contributed by atoms with Crippen LogP contribution in [0.25, 0.3) is 28.1 Å². The molecule has 200 valence electrons. The summed E-state index contributed by atoms with van der Waals surface area (Å²) in [4.78, 5) is 32.0. The van der Waals surface area contributed by atoms with Crippen molar-refractivity contribution in [3.63, 3.8) is 0 Å². The molecule has 1 saturated heterocycles. The van der Waals surface area contributed by atoms with Crippen LogP contribution in [0.3, 0.4) is 0 Å². The number of ether oxygens (including phenoxy) is 2. The Balaban J connectivity index is 1.55. The summed E-state index contributed by atoms with van der Waals surface area (Å²) in [5.41, 5.74) is 12.2. The predicted octanol–water partition coefficient (Wildman–Crippen LogP) is 4.12. The third-order valence-corrected chi connectivity index (χ3v) is 8.16. The number of nitrogens with zero attached hydrogens (tertiary/aromatic N) is 4. The van der Waals surface area contributed by atoms with Gasteiger partial charge in [-0.05, 0) is 61.9 Å². The molecule has 0 saturated carbocycles. The van der Waals surface area contributed by atoms with Crippen LogP contribution in [-0.2, 0) is 17.6 Å². The fraction of sp³-hybridized carbons (Fsp3) is 0.310. The van der Waals surface area contributed by atoms with Crippen molar-refractivity contribution in [2.24, 2.45) is 5.73 Å². The van der Waals surface area contributed by atoms with E-state index in [0.29, 0.717) is 48.7 Å². The minimum atomic E-state index is -0.548. The van der Waals surface area contributed by atoms with Crippen molar-refractivity contribution in [1.82, 2.24) is 19.7 Å². The van der Waals surface area contributed by atoms with Gasteiger partial charge >= 0.3 is 0 Å². The molecule has 2 aliphatic rings. The maximum Gasteiger partial charge on any atom is 0.275 e. The number of morpholine rings is 1. The zero-order valence-corrected chi connectivity index (χ0v) is 22.9. The van der Waals surface area contributed by atoms with Crippen molar-refractivity contribution in [3.05, 3.63) is 69.8 Å². The first-order valence-corrected chi connectivity index (χ1v) is 13.7. The average Bonchev–Trinajstić information content (AvgIpc) is 3.60. The number of benzene rings is 1. The molecule has 6 rings (SSSR count). The van der Waals surface area contributed by atoms with Crippen LogP contribution >= 0.6 is 11.3 Å². The molecule has 1 aromatic carbocycles. The maximum atomic E-state index is 14.0. The lowest BCUT2D eigenvalue weighted by atomic mass is 9.86. The number of carbonyl (C=O) groups excluding carboxylic acids is 2. The lowest BCUT2D eigenvalue weighted by Gasteiger charge is -2.41. The Morgan fingerprint density at radius 3 is 2.72 bits per heavy atom. The van der Waals surface area contributed by atoms with Crippen LogP contribution in [-0.4, -0.2) is 63.9 Å². The summed E-state index contributed by atoms with van der Waals surface area (Å²) in [6.07, 6.45) is 4.55. The maximum absolute atomic E-state index is 14.0. The van der Waals surface area contributed by atoms with Crippen LogP contribution in [0.2, 0.25) is 0 Å². The van der Waals surface area contributed by atoms with E-state index in [1.807, 2.05) is 52.4 Å². The second-order valence-electron chi connectivity index (χ2n) is 10.4. The first-order valence-electron chi connectivity index (χ1n) is 12.8. The molecule has 0 atom stereocenters. The number of fused-ring (bicyclic) bond motifs is 3. The molecule has 3 aromatic heterocycles. The minimum Gasteiger partial charge on any atom is -0.496 e. The molecule has 9 nitrogen and oxygen atoms in total. The molecule has 4 heterocycles. The second kappa shape index (κ2) is 9.62. The van der Waals surface area contributed by atoms with Crippen LogP contribution in [0, 0.1) is 0 Å². The molecule has 4 aromatic rings. The number of amides is 2. The number of aromatic nitrogens is 3. The number of rotatable bonds is 5. The molecule has 1 aliphatic heterocycles. The Bertz CT molecular complexity index is 1590. The molecule has 10 heteroatoms. The van der Waals surface area contributed by atoms with Gasteiger partial charge in [0.1, 0.15) is 5.75 Å². The van der Waals surface area contributed by atoms with E-state index in [0.717, 1.165) is 40.1 Å². The Morgan fingerprint density at radius 1 is 1.15 bits per heavy atom. The number of carbonyl (C=O) groups is 2. The summed E-state index contributed by atoms with van der Waals surface area (Å²) in [5, 5.41) is 8.97. The van der Waals surface area contributed by atoms with Crippen molar-refractivity contribution < 1.29 is 19.1 Å². The molecule has 1 aliphatic carbocycles. The third-order valence-electron chi connectivity index (χ3n) is 7.49. The second-order valence-corrected chi connectivity index (χ2v) is 11.2. The van der Waals surface area contributed by atoms with Crippen LogP contribution < -0.4 is 10.5 Å². The van der Waals surface area contributed by atoms with E-state index in [-0.39, 0.29) is 5.91 Å². The summed E-state index contributed by atoms with van der Waals surface area (Å²) in [7, 11) is 1.63. The minimum absolute atomic E-state index is 0.0796. The quantitative estimate of drug-likeness (QED) is 0.405. The molecule has 2 amide bonds. The Hall–Kier alpha value is -4.02. The lowest BCUT2D eigenvalue weighted by molar-refractivity contribution is -0.0373. The third kappa shape index (κ3) is 4.29. The van der Waals surface area contributed by atoms with Crippen molar-refractivity contribution in [2.75, 3.05) is 26.9 Å². The van der Waals surface area contributed by atoms with Gasteiger partial charge in [-0.15, -0.1) is 0 Å². The molecular formula is C29H29N5O4S. The van der Waals surface area contributed by atoms with E-state index in [2.05, 4.69) is 4.98 Å². The number of thiophene rings is 1. The van der Waals surface area contributed by atoms with Crippen LogP contribution in [0.15, 0.2) is 47.4 Å². The molecule has 2 N–H and O–H groups in total. The zero-order valence-electron chi connectivity index (χ0n) is 22.1. The Labute approximate surface area is 230 Å². The van der Waals surface area contributed by atoms with Gasteiger partial charge in [-0.2, -0.15) is 16.4 Å². The van der Waals surface area contributed by atoms with Gasteiger partial charge in [0.05, 0.1) is 42.8 Å². The van der Waals surface area contributed by atoms with Crippen molar-refractivity contribution in [1.29, 1.82) is 0 Å². The lowest BCUT2D eigenvalue weighted by Crippen LogP contribution is -2.55. The van der Waals surface area contributed by atoms with E-state index in [1.54, 1.807) is 30.7 Å². The smallest absolute Gasteiger partial charge is 0.275 e. The van der Waals surface area contributed by atoms with E-state index in [4.69, 9.17) is 20.3 Å². The van der Waals surface area contributed by atoms with Gasteiger partial charge in [0.2, 0.25) is 5.91 Å². The number of methoxy groups -OCH3 is 1. The number of primary amides is 1. The number of pyridine rings is 1. The molecule has 1 fully saturated rings.